The fraction of sp³-hybridized carbons (Fsp3) is 0.894. The molecule has 2 atom stereocenters. The number of rotatable bonds is 61. The zero-order valence-corrected chi connectivity index (χ0v) is 50.5. The Morgan fingerprint density at radius 1 is 0.400 bits per heavy atom. The molecule has 0 heterocycles. The van der Waals surface area contributed by atoms with Crippen molar-refractivity contribution in [1.29, 1.82) is 0 Å². The molecule has 0 radical (unpaired) electrons. The van der Waals surface area contributed by atoms with Gasteiger partial charge < -0.3 is 28.5 Å². The van der Waals surface area contributed by atoms with Crippen LogP contribution in [0.1, 0.15) is 322 Å². The summed E-state index contributed by atoms with van der Waals surface area (Å²) in [6.07, 6.45) is 67.0. The number of ether oxygens (including phenoxy) is 4. The summed E-state index contributed by atoms with van der Waals surface area (Å²) in [5, 5.41) is 9.72. The minimum Gasteiger partial charge on any atom is -0.477 e. The Balaban J connectivity index is 4.11. The molecule has 0 saturated heterocycles. The number of carboxylic acid groups (broad SMARTS) is 1. The lowest BCUT2D eigenvalue weighted by Gasteiger charge is -2.25. The molecule has 0 rings (SSSR count). The SMILES string of the molecule is CCCCCCC/C=C\C/C=C\CCCCCCCCCCCCCCCCCCCC(=O)OC(COC(=O)CCCCCCCCCCCCCCCCCCCCCCC)COC(OCC[N+](C)(C)C)C(=O)O. The van der Waals surface area contributed by atoms with E-state index < -0.39 is 18.4 Å². The van der Waals surface area contributed by atoms with Crippen LogP contribution in [0, 0.1) is 0 Å². The van der Waals surface area contributed by atoms with E-state index in [0.717, 1.165) is 44.9 Å². The highest BCUT2D eigenvalue weighted by molar-refractivity contribution is 5.71. The van der Waals surface area contributed by atoms with Gasteiger partial charge in [0.25, 0.3) is 6.29 Å². The van der Waals surface area contributed by atoms with E-state index in [4.69, 9.17) is 18.9 Å². The molecule has 0 amide bonds. The van der Waals surface area contributed by atoms with Crippen molar-refractivity contribution in [1.82, 2.24) is 0 Å². The van der Waals surface area contributed by atoms with Crippen molar-refractivity contribution in [2.75, 3.05) is 47.5 Å². The molecule has 75 heavy (non-hydrogen) atoms. The highest BCUT2D eigenvalue weighted by Crippen LogP contribution is 2.18. The summed E-state index contributed by atoms with van der Waals surface area (Å²) >= 11 is 0. The van der Waals surface area contributed by atoms with Gasteiger partial charge in [0.1, 0.15) is 13.2 Å². The summed E-state index contributed by atoms with van der Waals surface area (Å²) in [6.45, 7) is 4.93. The monoisotopic (exact) mass is 1060 g/mol. The minimum absolute atomic E-state index is 0.175. The minimum atomic E-state index is -1.51. The molecule has 0 aliphatic rings. The number of unbranched alkanes of at least 4 members (excludes halogenated alkanes) is 42. The van der Waals surface area contributed by atoms with Gasteiger partial charge in [-0.3, -0.25) is 9.59 Å². The van der Waals surface area contributed by atoms with Crippen molar-refractivity contribution in [3.8, 4) is 0 Å². The first-order valence-corrected chi connectivity index (χ1v) is 32.5. The number of nitrogens with zero attached hydrogens (tertiary/aromatic N) is 1. The van der Waals surface area contributed by atoms with E-state index in [0.29, 0.717) is 17.4 Å². The van der Waals surface area contributed by atoms with Crippen LogP contribution < -0.4 is 0 Å². The van der Waals surface area contributed by atoms with Gasteiger partial charge in [-0.15, -0.1) is 0 Å². The molecule has 0 aromatic rings. The molecule has 0 aromatic heterocycles. The molecule has 0 spiro atoms. The van der Waals surface area contributed by atoms with E-state index >= 15 is 0 Å². The van der Waals surface area contributed by atoms with E-state index in [1.165, 1.54) is 250 Å². The summed E-state index contributed by atoms with van der Waals surface area (Å²) in [6, 6.07) is 0. The molecular formula is C66H126NO8+. The van der Waals surface area contributed by atoms with Gasteiger partial charge in [-0.1, -0.05) is 289 Å². The molecule has 0 fully saturated rings. The van der Waals surface area contributed by atoms with Crippen LogP contribution in [0.25, 0.3) is 0 Å². The third-order valence-corrected chi connectivity index (χ3v) is 14.7. The van der Waals surface area contributed by atoms with Crippen molar-refractivity contribution < 1.29 is 42.9 Å². The Morgan fingerprint density at radius 3 is 1.05 bits per heavy atom. The van der Waals surface area contributed by atoms with Crippen LogP contribution in [0.4, 0.5) is 0 Å². The fourth-order valence-electron chi connectivity index (χ4n) is 9.70. The van der Waals surface area contributed by atoms with Crippen LogP contribution in [-0.4, -0.2) is 87.4 Å². The highest BCUT2D eigenvalue weighted by atomic mass is 16.7. The maximum atomic E-state index is 12.9. The van der Waals surface area contributed by atoms with E-state index in [1.807, 2.05) is 21.1 Å². The smallest absolute Gasteiger partial charge is 0.361 e. The van der Waals surface area contributed by atoms with Crippen LogP contribution in [0.15, 0.2) is 24.3 Å². The van der Waals surface area contributed by atoms with Crippen molar-refractivity contribution in [3.05, 3.63) is 24.3 Å². The summed E-state index contributed by atoms with van der Waals surface area (Å²) in [7, 11) is 5.99. The second-order valence-electron chi connectivity index (χ2n) is 23.4. The first-order valence-electron chi connectivity index (χ1n) is 32.5. The van der Waals surface area contributed by atoms with Crippen LogP contribution in [-0.2, 0) is 33.3 Å². The summed E-state index contributed by atoms with van der Waals surface area (Å²) < 4.78 is 23.0. The van der Waals surface area contributed by atoms with Gasteiger partial charge in [0.15, 0.2) is 6.10 Å². The van der Waals surface area contributed by atoms with E-state index in [9.17, 15) is 19.5 Å². The lowest BCUT2D eigenvalue weighted by atomic mass is 10.0. The van der Waals surface area contributed by atoms with Gasteiger partial charge in [-0.25, -0.2) is 4.79 Å². The summed E-state index contributed by atoms with van der Waals surface area (Å²) in [4.78, 5) is 37.5. The predicted octanol–water partition coefficient (Wildman–Crippen LogP) is 19.5. The van der Waals surface area contributed by atoms with Crippen LogP contribution in [0.3, 0.4) is 0 Å². The number of carbonyl (C=O) groups excluding carboxylic acids is 2. The normalized spacial score (nSPS) is 12.8. The standard InChI is InChI=1S/C66H125NO8/c1-6-8-10-12-14-16-18-20-22-24-26-28-29-30-31-32-33-34-35-37-39-41-43-45-47-49-51-53-55-57-64(69)75-62(61-74-66(65(70)71)72-59-58-67(3,4)5)60-73-63(68)56-54-52-50-48-46-44-42-40-38-36-27-25-23-21-19-17-15-13-11-9-7-2/h18,20,24,26,62,66H,6-17,19,21-23,25,27-61H2,1-5H3/p+1/b20-18-,26-24-. The molecule has 0 bridgehead atoms. The molecular weight excluding hydrogens is 935 g/mol. The topological polar surface area (TPSA) is 108 Å². The van der Waals surface area contributed by atoms with Gasteiger partial charge in [-0.05, 0) is 44.9 Å². The Hall–Kier alpha value is -2.23. The Kier molecular flexibility index (Phi) is 56.2. The molecule has 0 aliphatic heterocycles. The zero-order valence-electron chi connectivity index (χ0n) is 50.5. The lowest BCUT2D eigenvalue weighted by Crippen LogP contribution is -2.40. The number of carboxylic acids is 1. The van der Waals surface area contributed by atoms with Gasteiger partial charge in [0.05, 0.1) is 34.4 Å². The van der Waals surface area contributed by atoms with Gasteiger partial charge in [0, 0.05) is 12.8 Å². The zero-order chi connectivity index (χ0) is 54.8. The first-order chi connectivity index (χ1) is 36.6. The third kappa shape index (κ3) is 59.3. The summed E-state index contributed by atoms with van der Waals surface area (Å²) in [5.74, 6) is -1.98. The largest absolute Gasteiger partial charge is 0.477 e. The fourth-order valence-corrected chi connectivity index (χ4v) is 9.70. The summed E-state index contributed by atoms with van der Waals surface area (Å²) in [5.41, 5.74) is 0. The van der Waals surface area contributed by atoms with Crippen LogP contribution in [0.5, 0.6) is 0 Å². The second kappa shape index (κ2) is 57.9. The average Bonchev–Trinajstić information content (AvgIpc) is 3.38. The highest BCUT2D eigenvalue weighted by Gasteiger charge is 2.25. The number of aliphatic carboxylic acids is 1. The number of likely N-dealkylation sites (N-methyl/N-ethyl adjacent to an activating group) is 1. The van der Waals surface area contributed by atoms with Crippen LogP contribution >= 0.6 is 0 Å². The molecule has 1 N–H and O–H groups in total. The molecule has 9 heteroatoms. The third-order valence-electron chi connectivity index (χ3n) is 14.7. The van der Waals surface area contributed by atoms with E-state index in [2.05, 4.69) is 38.2 Å². The number of allylic oxidation sites excluding steroid dienone is 4. The van der Waals surface area contributed by atoms with Crippen molar-refractivity contribution in [2.24, 2.45) is 0 Å². The number of carbonyl (C=O) groups is 3. The maximum Gasteiger partial charge on any atom is 0.361 e. The number of esters is 2. The Labute approximate surface area is 465 Å². The number of hydrogen-bond acceptors (Lipinski definition) is 7. The van der Waals surface area contributed by atoms with Gasteiger partial charge >= 0.3 is 17.9 Å². The molecule has 2 unspecified atom stereocenters. The van der Waals surface area contributed by atoms with Crippen molar-refractivity contribution in [3.63, 3.8) is 0 Å². The predicted molar refractivity (Wildman–Crippen MR) is 318 cm³/mol. The first kappa shape index (κ1) is 72.8. The number of quaternary nitrogens is 1. The molecule has 0 saturated carbocycles. The second-order valence-corrected chi connectivity index (χ2v) is 23.4. The maximum absolute atomic E-state index is 12.9. The molecule has 442 valence electrons. The van der Waals surface area contributed by atoms with Gasteiger partial charge in [-0.2, -0.15) is 0 Å². The van der Waals surface area contributed by atoms with Crippen molar-refractivity contribution >= 4 is 17.9 Å². The quantitative estimate of drug-likeness (QED) is 0.0211. The Bertz CT molecular complexity index is 1280. The molecule has 9 nitrogen and oxygen atoms in total. The van der Waals surface area contributed by atoms with Gasteiger partial charge in [0.2, 0.25) is 0 Å². The van der Waals surface area contributed by atoms with E-state index in [1.54, 1.807) is 0 Å². The molecule has 0 aromatic carbocycles. The van der Waals surface area contributed by atoms with E-state index in [-0.39, 0.29) is 38.2 Å². The van der Waals surface area contributed by atoms with Crippen LogP contribution in [0.2, 0.25) is 0 Å². The lowest BCUT2D eigenvalue weighted by molar-refractivity contribution is -0.870. The molecule has 0 aliphatic carbocycles. The average molecular weight is 1060 g/mol. The van der Waals surface area contributed by atoms with Crippen molar-refractivity contribution in [2.45, 2.75) is 334 Å². The Morgan fingerprint density at radius 2 is 0.720 bits per heavy atom. The number of hydrogen-bond donors (Lipinski definition) is 1.